The molecule has 2 N–H and O–H groups in total. The summed E-state index contributed by atoms with van der Waals surface area (Å²) in [4.78, 5) is 12.0. The van der Waals surface area contributed by atoms with E-state index >= 15 is 0 Å². The lowest BCUT2D eigenvalue weighted by molar-refractivity contribution is 0.262. The largest absolute Gasteiger partial charge is 0.495 e. The molecule has 0 fully saturated rings. The number of hydrogen-bond donors (Lipinski definition) is 2. The first-order chi connectivity index (χ1) is 11.7. The summed E-state index contributed by atoms with van der Waals surface area (Å²) in [7, 11) is 1.52. The van der Waals surface area contributed by atoms with Crippen molar-refractivity contribution in [3.8, 4) is 16.3 Å². The summed E-state index contributed by atoms with van der Waals surface area (Å²) < 4.78 is 18.9. The molecule has 3 aromatic rings. The maximum atomic E-state index is 13.7. The van der Waals surface area contributed by atoms with Gasteiger partial charge in [-0.3, -0.25) is 5.32 Å². The zero-order chi connectivity index (χ0) is 16.9. The van der Waals surface area contributed by atoms with Gasteiger partial charge in [-0.2, -0.15) is 0 Å². The number of nitrogens with zero attached hydrogens (tertiary/aromatic N) is 2. The number of anilines is 2. The number of nitrogens with one attached hydrogen (secondary N) is 2. The van der Waals surface area contributed by atoms with E-state index in [0.29, 0.717) is 22.0 Å². The number of carbonyl (C=O) groups is 1. The summed E-state index contributed by atoms with van der Waals surface area (Å²) in [6.45, 7) is 0. The summed E-state index contributed by atoms with van der Waals surface area (Å²) in [6, 6.07) is 12.8. The third kappa shape index (κ3) is 3.49. The fourth-order valence-electron chi connectivity index (χ4n) is 2.02. The fraction of sp³-hybridized carbons (Fsp3) is 0.0625. The van der Waals surface area contributed by atoms with Crippen LogP contribution in [0.3, 0.4) is 0 Å². The van der Waals surface area contributed by atoms with Crippen molar-refractivity contribution in [2.24, 2.45) is 0 Å². The predicted octanol–water partition coefficient (Wildman–Crippen LogP) is 4.00. The van der Waals surface area contributed by atoms with Crippen LogP contribution in [0.4, 0.5) is 20.0 Å². The van der Waals surface area contributed by atoms with Gasteiger partial charge in [-0.15, -0.1) is 10.2 Å². The number of benzene rings is 2. The minimum Gasteiger partial charge on any atom is -0.495 e. The molecule has 0 aliphatic heterocycles. The molecule has 2 aromatic carbocycles. The smallest absolute Gasteiger partial charge is 0.325 e. The molecule has 8 heteroatoms. The zero-order valence-electron chi connectivity index (χ0n) is 12.6. The van der Waals surface area contributed by atoms with Crippen LogP contribution in [-0.2, 0) is 0 Å². The number of hydrogen-bond acceptors (Lipinski definition) is 5. The average Bonchev–Trinajstić information content (AvgIpc) is 3.04. The van der Waals surface area contributed by atoms with Gasteiger partial charge < -0.3 is 10.1 Å². The Balaban J connectivity index is 1.71. The number of carbonyl (C=O) groups excluding carboxylic acids is 1. The number of aromatic nitrogens is 2. The molecule has 0 spiro atoms. The number of urea groups is 1. The second-order valence-electron chi connectivity index (χ2n) is 4.67. The van der Waals surface area contributed by atoms with Crippen molar-refractivity contribution in [1.29, 1.82) is 0 Å². The van der Waals surface area contributed by atoms with E-state index in [1.165, 1.54) is 13.2 Å². The van der Waals surface area contributed by atoms with Crippen molar-refractivity contribution in [1.82, 2.24) is 10.2 Å². The van der Waals surface area contributed by atoms with Gasteiger partial charge in [-0.05, 0) is 24.3 Å². The van der Waals surface area contributed by atoms with Crippen molar-refractivity contribution in [3.63, 3.8) is 0 Å². The lowest BCUT2D eigenvalue weighted by atomic mass is 10.2. The second-order valence-corrected chi connectivity index (χ2v) is 5.65. The fourth-order valence-corrected chi connectivity index (χ4v) is 2.78. The first-order valence-electron chi connectivity index (χ1n) is 6.97. The Hall–Kier alpha value is -3.00. The molecular formula is C16H13FN4O2S. The number of ether oxygens (including phenoxy) is 1. The first kappa shape index (κ1) is 15.9. The molecule has 1 heterocycles. The van der Waals surface area contributed by atoms with Crippen molar-refractivity contribution in [2.75, 3.05) is 17.7 Å². The molecule has 24 heavy (non-hydrogen) atoms. The van der Waals surface area contributed by atoms with E-state index in [0.717, 1.165) is 11.3 Å². The highest BCUT2D eigenvalue weighted by Gasteiger charge is 2.13. The van der Waals surface area contributed by atoms with Gasteiger partial charge in [0.1, 0.15) is 11.6 Å². The van der Waals surface area contributed by atoms with Gasteiger partial charge in [0, 0.05) is 5.56 Å². The Kier molecular flexibility index (Phi) is 4.66. The molecule has 0 aliphatic rings. The lowest BCUT2D eigenvalue weighted by Crippen LogP contribution is -2.19. The van der Waals surface area contributed by atoms with E-state index < -0.39 is 11.8 Å². The van der Waals surface area contributed by atoms with Crippen molar-refractivity contribution in [3.05, 3.63) is 54.3 Å². The quantitative estimate of drug-likeness (QED) is 0.750. The molecule has 0 bridgehead atoms. The van der Waals surface area contributed by atoms with Gasteiger partial charge in [0.2, 0.25) is 5.13 Å². The summed E-state index contributed by atoms with van der Waals surface area (Å²) in [5.41, 5.74) is 0.865. The Morgan fingerprint density at radius 3 is 2.62 bits per heavy atom. The molecule has 0 radical (unpaired) electrons. The maximum Gasteiger partial charge on any atom is 0.325 e. The standard InChI is InChI=1S/C16H13FN4O2S/c1-23-13-9-5-4-8-12(13)18-15(22)19-16-21-20-14(24-16)10-6-2-3-7-11(10)17/h2-9H,1H3,(H2,18,19,21,22). The van der Waals surface area contributed by atoms with Crippen LogP contribution in [0.5, 0.6) is 5.75 Å². The van der Waals surface area contributed by atoms with E-state index in [9.17, 15) is 9.18 Å². The van der Waals surface area contributed by atoms with E-state index in [4.69, 9.17) is 4.74 Å². The summed E-state index contributed by atoms with van der Waals surface area (Å²) >= 11 is 1.08. The highest BCUT2D eigenvalue weighted by molar-refractivity contribution is 7.18. The van der Waals surface area contributed by atoms with Crippen LogP contribution in [0.1, 0.15) is 0 Å². The molecule has 1 aromatic heterocycles. The third-order valence-corrected chi connectivity index (χ3v) is 3.98. The minimum absolute atomic E-state index is 0.264. The Morgan fingerprint density at radius 2 is 1.83 bits per heavy atom. The van der Waals surface area contributed by atoms with Gasteiger partial charge in [0.05, 0.1) is 12.8 Å². The van der Waals surface area contributed by atoms with Gasteiger partial charge in [-0.25, -0.2) is 9.18 Å². The lowest BCUT2D eigenvalue weighted by Gasteiger charge is -2.09. The van der Waals surface area contributed by atoms with Gasteiger partial charge in [0.25, 0.3) is 0 Å². The van der Waals surface area contributed by atoms with Crippen LogP contribution in [0, 0.1) is 5.82 Å². The molecule has 0 unspecified atom stereocenters. The Labute approximate surface area is 141 Å². The Morgan fingerprint density at radius 1 is 1.08 bits per heavy atom. The SMILES string of the molecule is COc1ccccc1NC(=O)Nc1nnc(-c2ccccc2F)s1. The average molecular weight is 344 g/mol. The van der Waals surface area contributed by atoms with Gasteiger partial charge >= 0.3 is 6.03 Å². The summed E-state index contributed by atoms with van der Waals surface area (Å²) in [5.74, 6) is 0.149. The van der Waals surface area contributed by atoms with Crippen LogP contribution in [0.2, 0.25) is 0 Å². The van der Waals surface area contributed by atoms with Crippen molar-refractivity contribution < 1.29 is 13.9 Å². The number of rotatable bonds is 4. The van der Waals surface area contributed by atoms with Gasteiger partial charge in [-0.1, -0.05) is 35.6 Å². The summed E-state index contributed by atoms with van der Waals surface area (Å²) in [5, 5.41) is 13.6. The molecular weight excluding hydrogens is 331 g/mol. The topological polar surface area (TPSA) is 76.1 Å². The maximum absolute atomic E-state index is 13.7. The Bertz CT molecular complexity index is 869. The predicted molar refractivity (Wildman–Crippen MR) is 90.9 cm³/mol. The number of methoxy groups -OCH3 is 1. The van der Waals surface area contributed by atoms with Crippen LogP contribution >= 0.6 is 11.3 Å². The molecule has 0 atom stereocenters. The molecule has 0 saturated carbocycles. The van der Waals surface area contributed by atoms with Crippen molar-refractivity contribution in [2.45, 2.75) is 0 Å². The van der Waals surface area contributed by atoms with Crippen LogP contribution in [0.15, 0.2) is 48.5 Å². The first-order valence-corrected chi connectivity index (χ1v) is 7.78. The molecule has 2 amide bonds. The number of halogens is 1. The van der Waals surface area contributed by atoms with E-state index in [2.05, 4.69) is 20.8 Å². The molecule has 6 nitrogen and oxygen atoms in total. The van der Waals surface area contributed by atoms with Crippen molar-refractivity contribution >= 4 is 28.2 Å². The highest BCUT2D eigenvalue weighted by Crippen LogP contribution is 2.28. The number of amides is 2. The normalized spacial score (nSPS) is 10.2. The van der Waals surface area contributed by atoms with Crippen LogP contribution in [-0.4, -0.2) is 23.3 Å². The monoisotopic (exact) mass is 344 g/mol. The highest BCUT2D eigenvalue weighted by atomic mass is 32.1. The van der Waals surface area contributed by atoms with E-state index in [1.807, 2.05) is 0 Å². The third-order valence-electron chi connectivity index (χ3n) is 3.10. The molecule has 0 aliphatic carbocycles. The van der Waals surface area contributed by atoms with Gasteiger partial charge in [0.15, 0.2) is 5.01 Å². The zero-order valence-corrected chi connectivity index (χ0v) is 13.4. The molecule has 122 valence electrons. The molecule has 0 saturated heterocycles. The molecule has 3 rings (SSSR count). The number of para-hydroxylation sites is 2. The minimum atomic E-state index is -0.490. The van der Waals surface area contributed by atoms with E-state index in [-0.39, 0.29) is 5.13 Å². The second kappa shape index (κ2) is 7.05. The van der Waals surface area contributed by atoms with Crippen LogP contribution < -0.4 is 15.4 Å². The van der Waals surface area contributed by atoms with Crippen LogP contribution in [0.25, 0.3) is 10.6 Å². The summed E-state index contributed by atoms with van der Waals surface area (Å²) in [6.07, 6.45) is 0. The van der Waals surface area contributed by atoms with E-state index in [1.54, 1.807) is 42.5 Å².